The van der Waals surface area contributed by atoms with Crippen LogP contribution in [0.4, 0.5) is 5.95 Å². The lowest BCUT2D eigenvalue weighted by atomic mass is 10.2. The summed E-state index contributed by atoms with van der Waals surface area (Å²) in [6.07, 6.45) is 3.43. The molecule has 2 aromatic heterocycles. The van der Waals surface area contributed by atoms with E-state index in [1.165, 1.54) is 11.8 Å². The van der Waals surface area contributed by atoms with Gasteiger partial charge >= 0.3 is 0 Å². The van der Waals surface area contributed by atoms with Gasteiger partial charge in [-0.05, 0) is 43.4 Å². The fourth-order valence-electron chi connectivity index (χ4n) is 2.94. The number of anilines is 1. The average Bonchev–Trinajstić information content (AvgIpc) is 3.28. The number of nitrogens with zero attached hydrogens (tertiary/aromatic N) is 5. The number of benzene rings is 1. The Bertz CT molecular complexity index is 977. The predicted molar refractivity (Wildman–Crippen MR) is 110 cm³/mol. The fourth-order valence-corrected chi connectivity index (χ4v) is 3.76. The van der Waals surface area contributed by atoms with E-state index < -0.39 is 0 Å². The molecule has 1 aliphatic rings. The van der Waals surface area contributed by atoms with Gasteiger partial charge in [-0.15, -0.1) is 0 Å². The highest BCUT2D eigenvalue weighted by Gasteiger charge is 2.19. The Morgan fingerprint density at radius 3 is 2.66 bits per heavy atom. The first kappa shape index (κ1) is 19.3. The third kappa shape index (κ3) is 4.88. The Balaban J connectivity index is 1.57. The molecule has 148 valence electrons. The van der Waals surface area contributed by atoms with Crippen LogP contribution in [0.5, 0.6) is 5.88 Å². The van der Waals surface area contributed by atoms with E-state index in [-0.39, 0.29) is 0 Å². The van der Waals surface area contributed by atoms with Crippen LogP contribution in [0.25, 0.3) is 0 Å². The summed E-state index contributed by atoms with van der Waals surface area (Å²) in [5, 5.41) is 8.98. The second-order valence-corrected chi connectivity index (χ2v) is 7.85. The molecule has 4 rings (SSSR count). The van der Waals surface area contributed by atoms with Gasteiger partial charge in [0.2, 0.25) is 11.8 Å². The number of rotatable bonds is 6. The van der Waals surface area contributed by atoms with Crippen molar-refractivity contribution in [1.82, 2.24) is 14.9 Å². The number of hydrogen-bond donors (Lipinski definition) is 0. The zero-order valence-electron chi connectivity index (χ0n) is 16.1. The molecule has 29 heavy (non-hydrogen) atoms. The van der Waals surface area contributed by atoms with Crippen molar-refractivity contribution in [3.8, 4) is 11.9 Å². The van der Waals surface area contributed by atoms with Crippen molar-refractivity contribution < 1.29 is 9.15 Å². The van der Waals surface area contributed by atoms with E-state index in [2.05, 4.69) is 27.9 Å². The molecule has 8 heteroatoms. The van der Waals surface area contributed by atoms with E-state index >= 15 is 0 Å². The maximum atomic E-state index is 8.98. The van der Waals surface area contributed by atoms with Gasteiger partial charge in [-0.25, -0.2) is 4.98 Å². The van der Waals surface area contributed by atoms with Crippen LogP contribution in [-0.4, -0.2) is 48.1 Å². The smallest absolute Gasteiger partial charge is 0.233 e. The van der Waals surface area contributed by atoms with Gasteiger partial charge in [-0.1, -0.05) is 11.8 Å². The van der Waals surface area contributed by atoms with Crippen LogP contribution in [0.2, 0.25) is 0 Å². The maximum Gasteiger partial charge on any atom is 0.233 e. The lowest BCUT2D eigenvalue weighted by Gasteiger charge is -2.32. The van der Waals surface area contributed by atoms with Crippen molar-refractivity contribution in [3.05, 3.63) is 60.2 Å². The molecule has 0 N–H and O–H groups in total. The molecule has 0 bridgehead atoms. The molecule has 0 spiro atoms. The molecule has 7 nitrogen and oxygen atoms in total. The largest absolute Gasteiger partial charge is 0.469 e. The van der Waals surface area contributed by atoms with Gasteiger partial charge < -0.3 is 19.0 Å². The molecule has 3 heterocycles. The predicted octanol–water partition coefficient (Wildman–Crippen LogP) is 3.42. The zero-order valence-corrected chi connectivity index (χ0v) is 16.9. The van der Waals surface area contributed by atoms with Gasteiger partial charge in [0.05, 0.1) is 29.0 Å². The molecule has 0 amide bonds. The standard InChI is InChI=1S/C21H21N5O2S/c1-25-8-10-26(11-9-25)21-23-14-19(29-18-6-4-16(13-22)5-7-18)20(24-21)28-15-17-3-2-12-27-17/h2-7,12,14H,8-11,15H2,1H3. The van der Waals surface area contributed by atoms with Crippen LogP contribution in [0.15, 0.2) is 63.1 Å². The van der Waals surface area contributed by atoms with Gasteiger partial charge in [0.1, 0.15) is 12.4 Å². The van der Waals surface area contributed by atoms with Crippen molar-refractivity contribution in [2.24, 2.45) is 0 Å². The number of furan rings is 1. The quantitative estimate of drug-likeness (QED) is 0.615. The second kappa shape index (κ2) is 8.99. The zero-order chi connectivity index (χ0) is 20.1. The van der Waals surface area contributed by atoms with E-state index in [0.717, 1.165) is 41.7 Å². The van der Waals surface area contributed by atoms with Crippen molar-refractivity contribution in [1.29, 1.82) is 5.26 Å². The molecule has 1 aromatic carbocycles. The van der Waals surface area contributed by atoms with Crippen LogP contribution in [0, 0.1) is 11.3 Å². The van der Waals surface area contributed by atoms with Crippen LogP contribution in [0.1, 0.15) is 11.3 Å². The fraction of sp³-hybridized carbons (Fsp3) is 0.286. The van der Waals surface area contributed by atoms with Crippen LogP contribution >= 0.6 is 11.8 Å². The highest BCUT2D eigenvalue weighted by Crippen LogP contribution is 2.35. The maximum absolute atomic E-state index is 8.98. The summed E-state index contributed by atoms with van der Waals surface area (Å²) < 4.78 is 11.4. The summed E-state index contributed by atoms with van der Waals surface area (Å²) >= 11 is 1.51. The Kier molecular flexibility index (Phi) is 5.98. The molecule has 1 saturated heterocycles. The first-order valence-electron chi connectivity index (χ1n) is 9.35. The summed E-state index contributed by atoms with van der Waals surface area (Å²) in [6, 6.07) is 13.3. The summed E-state index contributed by atoms with van der Waals surface area (Å²) in [5.74, 6) is 1.94. The van der Waals surface area contributed by atoms with Crippen LogP contribution < -0.4 is 9.64 Å². The SMILES string of the molecule is CN1CCN(c2ncc(Sc3ccc(C#N)cc3)c(OCc3ccco3)n2)CC1. The molecule has 0 saturated carbocycles. The number of ether oxygens (including phenoxy) is 1. The number of piperazine rings is 1. The van der Waals surface area contributed by atoms with E-state index in [1.54, 1.807) is 24.6 Å². The van der Waals surface area contributed by atoms with Gasteiger partial charge in [0, 0.05) is 31.1 Å². The monoisotopic (exact) mass is 407 g/mol. The molecule has 0 unspecified atom stereocenters. The molecule has 0 atom stereocenters. The van der Waals surface area contributed by atoms with Crippen LogP contribution in [-0.2, 0) is 6.61 Å². The number of hydrogen-bond acceptors (Lipinski definition) is 8. The summed E-state index contributed by atoms with van der Waals surface area (Å²) in [6.45, 7) is 4.03. The highest BCUT2D eigenvalue weighted by molar-refractivity contribution is 7.99. The third-order valence-electron chi connectivity index (χ3n) is 4.64. The van der Waals surface area contributed by atoms with E-state index in [1.807, 2.05) is 24.3 Å². The lowest BCUT2D eigenvalue weighted by Crippen LogP contribution is -2.45. The minimum absolute atomic E-state index is 0.299. The molecule has 0 aliphatic carbocycles. The minimum Gasteiger partial charge on any atom is -0.469 e. The molecule has 1 aliphatic heterocycles. The van der Waals surface area contributed by atoms with Gasteiger partial charge in [0.25, 0.3) is 0 Å². The summed E-state index contributed by atoms with van der Waals surface area (Å²) in [7, 11) is 2.12. The number of nitriles is 1. The number of aromatic nitrogens is 2. The van der Waals surface area contributed by atoms with Crippen molar-refractivity contribution in [3.63, 3.8) is 0 Å². The highest BCUT2D eigenvalue weighted by atomic mass is 32.2. The first-order chi connectivity index (χ1) is 14.2. The second-order valence-electron chi connectivity index (χ2n) is 6.74. The average molecular weight is 407 g/mol. The topological polar surface area (TPSA) is 78.4 Å². The third-order valence-corrected chi connectivity index (χ3v) is 5.65. The normalized spacial score (nSPS) is 14.6. The molecule has 0 radical (unpaired) electrons. The van der Waals surface area contributed by atoms with E-state index in [0.29, 0.717) is 24.0 Å². The Morgan fingerprint density at radius 1 is 1.17 bits per heavy atom. The van der Waals surface area contributed by atoms with Gasteiger partial charge in [0.15, 0.2) is 0 Å². The Hall–Kier alpha value is -3.02. The van der Waals surface area contributed by atoms with Crippen molar-refractivity contribution in [2.75, 3.05) is 38.1 Å². The Labute approximate surface area is 173 Å². The molecular formula is C21H21N5O2S. The summed E-state index contributed by atoms with van der Waals surface area (Å²) in [5.41, 5.74) is 0.630. The summed E-state index contributed by atoms with van der Waals surface area (Å²) in [4.78, 5) is 15.6. The molecule has 3 aromatic rings. The van der Waals surface area contributed by atoms with Gasteiger partial charge in [-0.2, -0.15) is 10.2 Å². The molecular weight excluding hydrogens is 386 g/mol. The Morgan fingerprint density at radius 2 is 1.97 bits per heavy atom. The minimum atomic E-state index is 0.299. The lowest BCUT2D eigenvalue weighted by molar-refractivity contribution is 0.253. The van der Waals surface area contributed by atoms with Crippen LogP contribution in [0.3, 0.4) is 0 Å². The van der Waals surface area contributed by atoms with E-state index in [4.69, 9.17) is 19.4 Å². The van der Waals surface area contributed by atoms with Crippen molar-refractivity contribution >= 4 is 17.7 Å². The molecule has 1 fully saturated rings. The van der Waals surface area contributed by atoms with E-state index in [9.17, 15) is 0 Å². The number of likely N-dealkylation sites (N-methyl/N-ethyl adjacent to an activating group) is 1. The van der Waals surface area contributed by atoms with Crippen molar-refractivity contribution in [2.45, 2.75) is 16.4 Å². The first-order valence-corrected chi connectivity index (χ1v) is 10.2. The van der Waals surface area contributed by atoms with Gasteiger partial charge in [-0.3, -0.25) is 0 Å².